The Hall–Kier alpha value is -0.203. The first-order valence-corrected chi connectivity index (χ1v) is 13.0. The van der Waals surface area contributed by atoms with E-state index in [1.807, 2.05) is 19.9 Å². The molecule has 4 nitrogen and oxygen atoms in total. The molecule has 1 N–H and O–H groups in total. The van der Waals surface area contributed by atoms with Crippen molar-refractivity contribution in [1.82, 2.24) is 0 Å². The SMILES string of the molecule is CCC[C@@H]1OC(C)(C)O[C@@H]1[C@H](O)/C=C\[C@@H](C)[C@H](C)O[Si](C)(C)C(C)(C)C. The smallest absolute Gasteiger partial charge is 0.192 e. The Kier molecular flexibility index (Phi) is 8.13. The quantitative estimate of drug-likeness (QED) is 0.456. The number of aliphatic hydroxyl groups is 1. The second-order valence-electron chi connectivity index (χ2n) is 9.75. The van der Waals surface area contributed by atoms with Gasteiger partial charge in [0, 0.05) is 6.10 Å². The minimum absolute atomic E-state index is 0.0640. The minimum Gasteiger partial charge on any atom is -0.414 e. The molecule has 1 fully saturated rings. The maximum atomic E-state index is 10.6. The van der Waals surface area contributed by atoms with Crippen molar-refractivity contribution >= 4 is 8.32 Å². The van der Waals surface area contributed by atoms with Gasteiger partial charge in [0.2, 0.25) is 0 Å². The van der Waals surface area contributed by atoms with Crippen LogP contribution in [0.1, 0.15) is 68.2 Å². The number of ether oxygens (including phenoxy) is 2. The van der Waals surface area contributed by atoms with Gasteiger partial charge in [0.05, 0.1) is 6.10 Å². The largest absolute Gasteiger partial charge is 0.414 e. The molecule has 154 valence electrons. The predicted molar refractivity (Wildman–Crippen MR) is 111 cm³/mol. The molecule has 1 heterocycles. The third kappa shape index (κ3) is 6.45. The van der Waals surface area contributed by atoms with E-state index >= 15 is 0 Å². The van der Waals surface area contributed by atoms with Gasteiger partial charge >= 0.3 is 0 Å². The van der Waals surface area contributed by atoms with Crippen molar-refractivity contribution in [3.8, 4) is 0 Å². The molecule has 0 spiro atoms. The summed E-state index contributed by atoms with van der Waals surface area (Å²) in [6.45, 7) is 21.5. The van der Waals surface area contributed by atoms with Gasteiger partial charge in [-0.05, 0) is 51.2 Å². The molecule has 0 aromatic rings. The Morgan fingerprint density at radius 1 is 1.15 bits per heavy atom. The first-order chi connectivity index (χ1) is 11.7. The summed E-state index contributed by atoms with van der Waals surface area (Å²) < 4.78 is 18.4. The van der Waals surface area contributed by atoms with Crippen molar-refractivity contribution in [2.75, 3.05) is 0 Å². The molecule has 26 heavy (non-hydrogen) atoms. The fraction of sp³-hybridized carbons (Fsp3) is 0.905. The van der Waals surface area contributed by atoms with Crippen molar-refractivity contribution in [2.45, 2.75) is 117 Å². The second kappa shape index (κ2) is 8.87. The van der Waals surface area contributed by atoms with Gasteiger partial charge in [-0.2, -0.15) is 0 Å². The molecule has 1 saturated heterocycles. The van der Waals surface area contributed by atoms with Crippen LogP contribution < -0.4 is 0 Å². The van der Waals surface area contributed by atoms with Crippen LogP contribution in [0.3, 0.4) is 0 Å². The first kappa shape index (κ1) is 23.8. The summed E-state index contributed by atoms with van der Waals surface area (Å²) >= 11 is 0. The van der Waals surface area contributed by atoms with Crippen LogP contribution in [-0.4, -0.2) is 43.6 Å². The lowest BCUT2D eigenvalue weighted by molar-refractivity contribution is -0.152. The number of hydrogen-bond acceptors (Lipinski definition) is 4. The molecular formula is C21H42O4Si. The Morgan fingerprint density at radius 3 is 2.23 bits per heavy atom. The summed E-state index contributed by atoms with van der Waals surface area (Å²) in [5, 5.41) is 10.8. The zero-order chi connectivity index (χ0) is 20.3. The van der Waals surface area contributed by atoms with Crippen LogP contribution in [0, 0.1) is 5.92 Å². The third-order valence-corrected chi connectivity index (χ3v) is 10.3. The highest BCUT2D eigenvalue weighted by Gasteiger charge is 2.43. The monoisotopic (exact) mass is 386 g/mol. The highest BCUT2D eigenvalue weighted by molar-refractivity contribution is 6.74. The standard InChI is InChI=1S/C21H42O4Si/c1-11-12-18-19(24-21(7,8)23-18)17(22)14-13-15(2)16(3)25-26(9,10)20(4,5)6/h13-19,22H,11-12H2,1-10H3/b14-13-/t15-,16+,17-,18+,19-/m1/s1. The summed E-state index contributed by atoms with van der Waals surface area (Å²) in [5.41, 5.74) is 0. The van der Waals surface area contributed by atoms with Crippen LogP contribution in [0.25, 0.3) is 0 Å². The maximum Gasteiger partial charge on any atom is 0.192 e. The molecule has 5 heteroatoms. The van der Waals surface area contributed by atoms with Gasteiger partial charge in [-0.25, -0.2) is 0 Å². The van der Waals surface area contributed by atoms with Crippen LogP contribution in [0.15, 0.2) is 12.2 Å². The molecule has 5 atom stereocenters. The summed E-state index contributed by atoms with van der Waals surface area (Å²) in [4.78, 5) is 0. The molecule has 0 bridgehead atoms. The topological polar surface area (TPSA) is 47.9 Å². The molecule has 0 radical (unpaired) electrons. The highest BCUT2D eigenvalue weighted by atomic mass is 28.4. The van der Waals surface area contributed by atoms with E-state index in [1.165, 1.54) is 0 Å². The van der Waals surface area contributed by atoms with Gasteiger partial charge in [-0.1, -0.05) is 53.2 Å². The van der Waals surface area contributed by atoms with E-state index in [4.69, 9.17) is 13.9 Å². The number of aliphatic hydroxyl groups excluding tert-OH is 1. The van der Waals surface area contributed by atoms with Crippen molar-refractivity contribution in [1.29, 1.82) is 0 Å². The lowest BCUT2D eigenvalue weighted by atomic mass is 10.0. The van der Waals surface area contributed by atoms with Crippen LogP contribution in [0.2, 0.25) is 18.1 Å². The van der Waals surface area contributed by atoms with Gasteiger partial charge in [-0.15, -0.1) is 0 Å². The molecule has 0 aromatic heterocycles. The molecule has 1 aliphatic heterocycles. The molecular weight excluding hydrogens is 344 g/mol. The zero-order valence-electron chi connectivity index (χ0n) is 18.6. The van der Waals surface area contributed by atoms with Crippen LogP contribution in [0.5, 0.6) is 0 Å². The van der Waals surface area contributed by atoms with Gasteiger partial charge in [0.1, 0.15) is 12.2 Å². The van der Waals surface area contributed by atoms with E-state index in [0.717, 1.165) is 12.8 Å². The van der Waals surface area contributed by atoms with E-state index < -0.39 is 20.2 Å². The molecule has 0 aromatic carbocycles. The molecule has 0 unspecified atom stereocenters. The average Bonchev–Trinajstić information content (AvgIpc) is 2.78. The van der Waals surface area contributed by atoms with E-state index in [0.29, 0.717) is 0 Å². The van der Waals surface area contributed by atoms with Crippen LogP contribution in [-0.2, 0) is 13.9 Å². The normalized spacial score (nSPS) is 27.7. The maximum absolute atomic E-state index is 10.6. The molecule has 0 amide bonds. The van der Waals surface area contributed by atoms with E-state index in [-0.39, 0.29) is 29.3 Å². The van der Waals surface area contributed by atoms with Gasteiger partial charge in [-0.3, -0.25) is 0 Å². The average molecular weight is 387 g/mol. The van der Waals surface area contributed by atoms with Crippen molar-refractivity contribution in [3.63, 3.8) is 0 Å². The van der Waals surface area contributed by atoms with E-state index in [1.54, 1.807) is 0 Å². The number of rotatable bonds is 8. The zero-order valence-corrected chi connectivity index (χ0v) is 19.6. The minimum atomic E-state index is -1.79. The Balaban J connectivity index is 2.70. The van der Waals surface area contributed by atoms with E-state index in [9.17, 15) is 5.11 Å². The Morgan fingerprint density at radius 2 is 1.73 bits per heavy atom. The Labute approximate surface area is 162 Å². The van der Waals surface area contributed by atoms with Gasteiger partial charge in [0.15, 0.2) is 14.1 Å². The summed E-state index contributed by atoms with van der Waals surface area (Å²) in [6, 6.07) is 0. The van der Waals surface area contributed by atoms with Crippen molar-refractivity contribution in [3.05, 3.63) is 12.2 Å². The molecule has 1 aliphatic rings. The number of hydrogen-bond donors (Lipinski definition) is 1. The second-order valence-corrected chi connectivity index (χ2v) is 14.5. The van der Waals surface area contributed by atoms with Crippen molar-refractivity contribution < 1.29 is 19.0 Å². The van der Waals surface area contributed by atoms with E-state index in [2.05, 4.69) is 60.7 Å². The molecule has 1 rings (SSSR count). The Bertz CT molecular complexity index is 467. The van der Waals surface area contributed by atoms with Gasteiger partial charge in [0.25, 0.3) is 0 Å². The lowest BCUT2D eigenvalue weighted by Gasteiger charge is -2.39. The predicted octanol–water partition coefficient (Wildman–Crippen LogP) is 5.27. The first-order valence-electron chi connectivity index (χ1n) is 10.1. The summed E-state index contributed by atoms with van der Waals surface area (Å²) in [6.07, 6.45) is 4.87. The van der Waals surface area contributed by atoms with Crippen LogP contribution >= 0.6 is 0 Å². The van der Waals surface area contributed by atoms with Gasteiger partial charge < -0.3 is 19.0 Å². The lowest BCUT2D eigenvalue weighted by Crippen LogP contribution is -2.44. The highest BCUT2D eigenvalue weighted by Crippen LogP contribution is 2.38. The summed E-state index contributed by atoms with van der Waals surface area (Å²) in [5.74, 6) is -0.414. The molecule has 0 saturated carbocycles. The fourth-order valence-electron chi connectivity index (χ4n) is 2.96. The molecule has 0 aliphatic carbocycles. The summed E-state index contributed by atoms with van der Waals surface area (Å²) in [7, 11) is -1.79. The van der Waals surface area contributed by atoms with Crippen LogP contribution in [0.4, 0.5) is 0 Å². The fourth-order valence-corrected chi connectivity index (χ4v) is 4.46. The third-order valence-electron chi connectivity index (χ3n) is 5.77. The van der Waals surface area contributed by atoms with Crippen molar-refractivity contribution in [2.24, 2.45) is 5.92 Å².